The monoisotopic (exact) mass is 288 g/mol. The van der Waals surface area contributed by atoms with Gasteiger partial charge in [0.25, 0.3) is 0 Å². The molecule has 0 N–H and O–H groups in total. The third-order valence-electron chi connectivity index (χ3n) is 4.89. The first-order chi connectivity index (χ1) is 10.1. The normalized spacial score (nSPS) is 22.6. The van der Waals surface area contributed by atoms with E-state index in [1.54, 1.807) is 6.07 Å². The summed E-state index contributed by atoms with van der Waals surface area (Å²) in [7, 11) is 0. The van der Waals surface area contributed by atoms with Crippen LogP contribution in [0.5, 0.6) is 0 Å². The Labute approximate surface area is 124 Å². The molecule has 0 amide bonds. The van der Waals surface area contributed by atoms with Gasteiger partial charge in [0.15, 0.2) is 5.76 Å². The number of halogens is 1. The summed E-state index contributed by atoms with van der Waals surface area (Å²) in [5, 5.41) is 0.710. The van der Waals surface area contributed by atoms with Gasteiger partial charge < -0.3 is 4.42 Å². The maximum atomic E-state index is 13.4. The number of fused-ring (bicyclic) bond motifs is 1. The Hall–Kier alpha value is -1.64. The highest BCUT2D eigenvalue weighted by Crippen LogP contribution is 2.36. The molecule has 0 saturated heterocycles. The fourth-order valence-corrected chi connectivity index (χ4v) is 3.64. The van der Waals surface area contributed by atoms with Crippen molar-refractivity contribution >= 4 is 16.8 Å². The largest absolute Gasteiger partial charge is 0.453 e. The minimum absolute atomic E-state index is 0.0628. The Kier molecular flexibility index (Phi) is 3.83. The van der Waals surface area contributed by atoms with E-state index in [1.807, 2.05) is 6.92 Å². The fraction of sp³-hybridized carbons (Fsp3) is 0.500. The Morgan fingerprint density at radius 1 is 1.33 bits per heavy atom. The number of furan rings is 1. The molecule has 0 radical (unpaired) electrons. The lowest BCUT2D eigenvalue weighted by molar-refractivity contribution is 0.0792. The van der Waals surface area contributed by atoms with Crippen molar-refractivity contribution in [3.63, 3.8) is 0 Å². The lowest BCUT2D eigenvalue weighted by Crippen LogP contribution is -2.27. The smallest absolute Gasteiger partial charge is 0.201 e. The van der Waals surface area contributed by atoms with Crippen LogP contribution < -0.4 is 0 Å². The van der Waals surface area contributed by atoms with Gasteiger partial charge in [-0.05, 0) is 43.9 Å². The van der Waals surface area contributed by atoms with E-state index in [-0.39, 0.29) is 17.5 Å². The molecular formula is C18H21FO2. The molecule has 112 valence electrons. The number of carbonyl (C=O) groups excluding carboxylic acids is 1. The van der Waals surface area contributed by atoms with Gasteiger partial charge >= 0.3 is 0 Å². The van der Waals surface area contributed by atoms with E-state index >= 15 is 0 Å². The molecule has 1 aliphatic rings. The molecule has 0 spiro atoms. The van der Waals surface area contributed by atoms with Gasteiger partial charge in [0, 0.05) is 16.9 Å². The van der Waals surface area contributed by atoms with Gasteiger partial charge in [-0.2, -0.15) is 0 Å². The highest BCUT2D eigenvalue weighted by atomic mass is 19.1. The van der Waals surface area contributed by atoms with Crippen molar-refractivity contribution in [2.75, 3.05) is 0 Å². The molecule has 21 heavy (non-hydrogen) atoms. The van der Waals surface area contributed by atoms with Crippen molar-refractivity contribution in [2.24, 2.45) is 11.8 Å². The van der Waals surface area contributed by atoms with Gasteiger partial charge in [-0.3, -0.25) is 4.79 Å². The van der Waals surface area contributed by atoms with Gasteiger partial charge in [-0.15, -0.1) is 0 Å². The molecule has 2 nitrogen and oxygen atoms in total. The Morgan fingerprint density at radius 3 is 2.86 bits per heavy atom. The molecule has 1 saturated carbocycles. The van der Waals surface area contributed by atoms with Crippen LogP contribution in [-0.4, -0.2) is 5.78 Å². The van der Waals surface area contributed by atoms with Gasteiger partial charge in [-0.25, -0.2) is 4.39 Å². The average Bonchev–Trinajstić information content (AvgIpc) is 2.83. The number of carbonyl (C=O) groups is 1. The fourth-order valence-electron chi connectivity index (χ4n) is 3.64. The van der Waals surface area contributed by atoms with Gasteiger partial charge in [0.05, 0.1) is 0 Å². The molecule has 3 rings (SSSR count). The van der Waals surface area contributed by atoms with Crippen LogP contribution >= 0.6 is 0 Å². The van der Waals surface area contributed by atoms with Crippen molar-refractivity contribution in [3.8, 4) is 0 Å². The Morgan fingerprint density at radius 2 is 2.10 bits per heavy atom. The molecule has 1 aromatic carbocycles. The van der Waals surface area contributed by atoms with E-state index in [1.165, 1.54) is 18.6 Å². The van der Waals surface area contributed by atoms with Crippen molar-refractivity contribution < 1.29 is 13.6 Å². The molecular weight excluding hydrogens is 267 g/mol. The third-order valence-corrected chi connectivity index (χ3v) is 4.89. The molecule has 2 aromatic rings. The van der Waals surface area contributed by atoms with Crippen LogP contribution in [0.4, 0.5) is 4.39 Å². The molecule has 3 heteroatoms. The average molecular weight is 288 g/mol. The number of Topliss-reactive ketones (excluding diaryl/α,β-unsaturated/α-hetero) is 1. The van der Waals surface area contributed by atoms with E-state index in [4.69, 9.17) is 4.42 Å². The quantitative estimate of drug-likeness (QED) is 0.719. The zero-order chi connectivity index (χ0) is 15.0. The summed E-state index contributed by atoms with van der Waals surface area (Å²) in [6.45, 7) is 4.00. The van der Waals surface area contributed by atoms with E-state index < -0.39 is 0 Å². The molecule has 1 fully saturated rings. The summed E-state index contributed by atoms with van der Waals surface area (Å²) >= 11 is 0. The second-order valence-corrected chi connectivity index (χ2v) is 6.12. The maximum absolute atomic E-state index is 13.4. The van der Waals surface area contributed by atoms with Crippen molar-refractivity contribution in [1.82, 2.24) is 0 Å². The second-order valence-electron chi connectivity index (χ2n) is 6.12. The first-order valence-corrected chi connectivity index (χ1v) is 7.84. The number of rotatable bonds is 3. The predicted octanol–water partition coefficient (Wildman–Crippen LogP) is 5.28. The van der Waals surface area contributed by atoms with Crippen molar-refractivity contribution in [3.05, 3.63) is 35.3 Å². The SMILES string of the molecule is CCC1CCCCC1C(=O)c1oc2ccc(F)cc2c1C. The highest BCUT2D eigenvalue weighted by molar-refractivity contribution is 6.01. The van der Waals surface area contributed by atoms with Crippen LogP contribution in [0.1, 0.15) is 55.1 Å². The van der Waals surface area contributed by atoms with Gasteiger partial charge in [-0.1, -0.05) is 26.2 Å². The summed E-state index contributed by atoms with van der Waals surface area (Å²) in [6.07, 6.45) is 5.43. The molecule has 2 atom stereocenters. The summed E-state index contributed by atoms with van der Waals surface area (Å²) in [4.78, 5) is 12.9. The zero-order valence-corrected chi connectivity index (χ0v) is 12.6. The predicted molar refractivity (Wildman–Crippen MR) is 81.0 cm³/mol. The summed E-state index contributed by atoms with van der Waals surface area (Å²) in [5.41, 5.74) is 1.37. The van der Waals surface area contributed by atoms with E-state index in [0.717, 1.165) is 31.2 Å². The number of hydrogen-bond donors (Lipinski definition) is 0. The van der Waals surface area contributed by atoms with Crippen LogP contribution in [0.25, 0.3) is 11.0 Å². The number of hydrogen-bond acceptors (Lipinski definition) is 2. The van der Waals surface area contributed by atoms with Crippen LogP contribution in [0.3, 0.4) is 0 Å². The third kappa shape index (κ3) is 2.50. The van der Waals surface area contributed by atoms with E-state index in [2.05, 4.69) is 6.92 Å². The molecule has 2 unspecified atom stereocenters. The summed E-state index contributed by atoms with van der Waals surface area (Å²) < 4.78 is 19.1. The van der Waals surface area contributed by atoms with Gasteiger partial charge in [0.2, 0.25) is 5.78 Å². The first-order valence-electron chi connectivity index (χ1n) is 7.84. The molecule has 1 aliphatic carbocycles. The molecule has 0 aliphatic heterocycles. The summed E-state index contributed by atoms with van der Waals surface area (Å²) in [5.74, 6) is 0.759. The van der Waals surface area contributed by atoms with Crippen LogP contribution in [-0.2, 0) is 0 Å². The first kappa shape index (κ1) is 14.3. The van der Waals surface area contributed by atoms with E-state index in [0.29, 0.717) is 22.6 Å². The van der Waals surface area contributed by atoms with Crippen molar-refractivity contribution in [1.29, 1.82) is 0 Å². The lowest BCUT2D eigenvalue weighted by Gasteiger charge is -2.29. The minimum Gasteiger partial charge on any atom is -0.453 e. The Balaban J connectivity index is 1.99. The van der Waals surface area contributed by atoms with Crippen LogP contribution in [0.2, 0.25) is 0 Å². The number of aryl methyl sites for hydroxylation is 1. The van der Waals surface area contributed by atoms with Crippen molar-refractivity contribution in [2.45, 2.75) is 46.0 Å². The zero-order valence-electron chi connectivity index (χ0n) is 12.6. The molecule has 1 aromatic heterocycles. The van der Waals surface area contributed by atoms with E-state index in [9.17, 15) is 9.18 Å². The van der Waals surface area contributed by atoms with Gasteiger partial charge in [0.1, 0.15) is 11.4 Å². The Bertz CT molecular complexity index is 671. The molecule has 0 bridgehead atoms. The number of ketones is 1. The number of benzene rings is 1. The van der Waals surface area contributed by atoms with Crippen LogP contribution in [0.15, 0.2) is 22.6 Å². The lowest BCUT2D eigenvalue weighted by atomic mass is 9.75. The standard InChI is InChI=1S/C18H21FO2/c1-3-12-6-4-5-7-14(12)17(20)18-11(2)15-10-13(19)8-9-16(15)21-18/h8-10,12,14H,3-7H2,1-2H3. The topological polar surface area (TPSA) is 30.2 Å². The minimum atomic E-state index is -0.297. The highest BCUT2D eigenvalue weighted by Gasteiger charge is 2.33. The van der Waals surface area contributed by atoms with Crippen LogP contribution in [0, 0.1) is 24.6 Å². The second kappa shape index (κ2) is 5.63. The summed E-state index contributed by atoms with van der Waals surface area (Å²) in [6, 6.07) is 4.42. The maximum Gasteiger partial charge on any atom is 0.201 e. The molecule has 1 heterocycles.